The molecule has 0 radical (unpaired) electrons. The monoisotopic (exact) mass is 408 g/mol. The Labute approximate surface area is 141 Å². The van der Waals surface area contributed by atoms with Crippen molar-refractivity contribution >= 4 is 49.2 Å². The molecule has 2 aromatic rings. The summed E-state index contributed by atoms with van der Waals surface area (Å²) in [6.45, 7) is 0.162. The van der Waals surface area contributed by atoms with E-state index in [-0.39, 0.29) is 11.4 Å². The molecule has 0 spiro atoms. The lowest BCUT2D eigenvalue weighted by molar-refractivity contribution is 0.466. The summed E-state index contributed by atoms with van der Waals surface area (Å²) in [5.74, 6) is 0. The van der Waals surface area contributed by atoms with Gasteiger partial charge in [-0.15, -0.1) is 0 Å². The van der Waals surface area contributed by atoms with Gasteiger partial charge in [0, 0.05) is 40.5 Å². The second kappa shape index (κ2) is 6.62. The average Bonchev–Trinajstić information content (AvgIpc) is 2.37. The van der Waals surface area contributed by atoms with Crippen LogP contribution in [0.1, 0.15) is 5.56 Å². The summed E-state index contributed by atoms with van der Waals surface area (Å²) in [4.78, 5) is 3.99. The molecule has 1 heterocycles. The number of benzene rings is 1. The second-order valence-electron chi connectivity index (χ2n) is 4.38. The Bertz CT molecular complexity index is 748. The van der Waals surface area contributed by atoms with Gasteiger partial charge in [0.2, 0.25) is 10.0 Å². The van der Waals surface area contributed by atoms with Crippen LogP contribution >= 0.6 is 39.1 Å². The van der Waals surface area contributed by atoms with Crippen molar-refractivity contribution in [3.05, 3.63) is 56.7 Å². The Morgan fingerprint density at radius 2 is 1.76 bits per heavy atom. The molecule has 8 heteroatoms. The van der Waals surface area contributed by atoms with Gasteiger partial charge in [0.15, 0.2) is 0 Å². The van der Waals surface area contributed by atoms with Crippen LogP contribution < -0.4 is 0 Å². The van der Waals surface area contributed by atoms with E-state index < -0.39 is 10.0 Å². The van der Waals surface area contributed by atoms with Gasteiger partial charge in [0.05, 0.1) is 0 Å². The average molecular weight is 410 g/mol. The van der Waals surface area contributed by atoms with Gasteiger partial charge < -0.3 is 0 Å². The van der Waals surface area contributed by atoms with Crippen molar-refractivity contribution < 1.29 is 8.42 Å². The number of sulfonamides is 1. The minimum atomic E-state index is -3.63. The van der Waals surface area contributed by atoms with E-state index >= 15 is 0 Å². The maximum Gasteiger partial charge on any atom is 0.244 e. The van der Waals surface area contributed by atoms with Crippen LogP contribution in [0.2, 0.25) is 10.0 Å². The highest BCUT2D eigenvalue weighted by Gasteiger charge is 2.21. The lowest BCUT2D eigenvalue weighted by Crippen LogP contribution is -2.26. The minimum absolute atomic E-state index is 0.118. The van der Waals surface area contributed by atoms with E-state index in [0.717, 1.165) is 0 Å². The van der Waals surface area contributed by atoms with Crippen molar-refractivity contribution in [2.24, 2.45) is 0 Å². The molecule has 0 atom stereocenters. The number of pyridine rings is 1. The van der Waals surface area contributed by atoms with Crippen LogP contribution in [-0.2, 0) is 16.6 Å². The number of hydrogen-bond acceptors (Lipinski definition) is 3. The normalized spacial score (nSPS) is 11.9. The molecule has 0 amide bonds. The van der Waals surface area contributed by atoms with Crippen molar-refractivity contribution in [1.82, 2.24) is 9.29 Å². The molecule has 112 valence electrons. The van der Waals surface area contributed by atoms with Crippen LogP contribution in [0.25, 0.3) is 0 Å². The van der Waals surface area contributed by atoms with Crippen LogP contribution in [0.4, 0.5) is 0 Å². The number of rotatable bonds is 4. The first kappa shape index (κ1) is 16.7. The Morgan fingerprint density at radius 1 is 1.14 bits per heavy atom. The van der Waals surface area contributed by atoms with Gasteiger partial charge >= 0.3 is 0 Å². The van der Waals surface area contributed by atoms with E-state index in [1.165, 1.54) is 29.8 Å². The summed E-state index contributed by atoms with van der Waals surface area (Å²) in [6.07, 6.45) is 2.83. The van der Waals surface area contributed by atoms with E-state index in [9.17, 15) is 8.42 Å². The molecule has 0 saturated heterocycles. The molecule has 0 aliphatic heterocycles. The van der Waals surface area contributed by atoms with E-state index in [1.54, 1.807) is 18.2 Å². The summed E-state index contributed by atoms with van der Waals surface area (Å²) in [6, 6.07) is 6.46. The second-order valence-corrected chi connectivity index (χ2v) is 8.21. The van der Waals surface area contributed by atoms with Gasteiger partial charge in [-0.3, -0.25) is 4.98 Å². The van der Waals surface area contributed by atoms with Gasteiger partial charge in [0.1, 0.15) is 4.90 Å². The van der Waals surface area contributed by atoms with Gasteiger partial charge in [-0.25, -0.2) is 8.42 Å². The first-order valence-corrected chi connectivity index (χ1v) is 8.80. The highest BCUT2D eigenvalue weighted by Crippen LogP contribution is 2.23. The Morgan fingerprint density at radius 3 is 2.33 bits per heavy atom. The summed E-state index contributed by atoms with van der Waals surface area (Å²) in [5, 5.41) is 0.930. The molecule has 0 bridgehead atoms. The molecule has 4 nitrogen and oxygen atoms in total. The molecular formula is C13H11BrCl2N2O2S. The molecule has 2 rings (SSSR count). The number of nitrogens with zero attached hydrogens (tertiary/aromatic N) is 2. The summed E-state index contributed by atoms with van der Waals surface area (Å²) in [5.41, 5.74) is 0.710. The zero-order valence-electron chi connectivity index (χ0n) is 10.9. The number of aromatic nitrogens is 1. The topological polar surface area (TPSA) is 50.3 Å². The quantitative estimate of drug-likeness (QED) is 0.767. The zero-order valence-corrected chi connectivity index (χ0v) is 14.8. The minimum Gasteiger partial charge on any atom is -0.262 e. The van der Waals surface area contributed by atoms with Crippen molar-refractivity contribution in [2.75, 3.05) is 7.05 Å². The maximum absolute atomic E-state index is 12.5. The maximum atomic E-state index is 12.5. The zero-order chi connectivity index (χ0) is 15.6. The lowest BCUT2D eigenvalue weighted by Gasteiger charge is -2.17. The van der Waals surface area contributed by atoms with E-state index in [0.29, 0.717) is 20.1 Å². The van der Waals surface area contributed by atoms with Gasteiger partial charge in [-0.1, -0.05) is 23.2 Å². The van der Waals surface area contributed by atoms with Crippen LogP contribution in [0.5, 0.6) is 0 Å². The molecule has 0 aliphatic rings. The van der Waals surface area contributed by atoms with Crippen LogP contribution in [-0.4, -0.2) is 24.8 Å². The van der Waals surface area contributed by atoms with E-state index in [4.69, 9.17) is 23.2 Å². The predicted molar refractivity (Wildman–Crippen MR) is 87.1 cm³/mol. The Balaban J connectivity index is 2.28. The standard InChI is InChI=1S/C13H11BrCl2N2O2S/c1-18(8-9-2-11(15)5-12(16)3-9)21(19,20)13-4-10(14)6-17-7-13/h2-7H,8H2,1H3. The van der Waals surface area contributed by atoms with Crippen LogP contribution in [0.3, 0.4) is 0 Å². The van der Waals surface area contributed by atoms with E-state index in [1.807, 2.05) is 0 Å². The van der Waals surface area contributed by atoms with Crippen molar-refractivity contribution in [1.29, 1.82) is 0 Å². The molecule has 0 unspecified atom stereocenters. The molecule has 21 heavy (non-hydrogen) atoms. The molecule has 1 aromatic carbocycles. The first-order valence-electron chi connectivity index (χ1n) is 5.81. The van der Waals surface area contributed by atoms with Crippen LogP contribution in [0.15, 0.2) is 46.0 Å². The molecule has 0 N–H and O–H groups in total. The molecular weight excluding hydrogens is 399 g/mol. The highest BCUT2D eigenvalue weighted by molar-refractivity contribution is 9.10. The third-order valence-corrected chi connectivity index (χ3v) is 5.35. The van der Waals surface area contributed by atoms with Gasteiger partial charge in [-0.05, 0) is 45.8 Å². The fourth-order valence-corrected chi connectivity index (χ4v) is 3.99. The third-order valence-electron chi connectivity index (χ3n) is 2.72. The van der Waals surface area contributed by atoms with Crippen molar-refractivity contribution in [2.45, 2.75) is 11.4 Å². The molecule has 0 aliphatic carbocycles. The van der Waals surface area contributed by atoms with Gasteiger partial charge in [0.25, 0.3) is 0 Å². The SMILES string of the molecule is CN(Cc1cc(Cl)cc(Cl)c1)S(=O)(=O)c1cncc(Br)c1. The first-order chi connectivity index (χ1) is 9.79. The fraction of sp³-hybridized carbons (Fsp3) is 0.154. The number of halogens is 3. The van der Waals surface area contributed by atoms with Gasteiger partial charge in [-0.2, -0.15) is 4.31 Å². The highest BCUT2D eigenvalue weighted by atomic mass is 79.9. The smallest absolute Gasteiger partial charge is 0.244 e. The summed E-state index contributed by atoms with van der Waals surface area (Å²) >= 11 is 15.0. The molecule has 0 saturated carbocycles. The van der Waals surface area contributed by atoms with Crippen molar-refractivity contribution in [3.63, 3.8) is 0 Å². The summed E-state index contributed by atoms with van der Waals surface area (Å²) in [7, 11) is -2.14. The fourth-order valence-electron chi connectivity index (χ4n) is 1.76. The largest absolute Gasteiger partial charge is 0.262 e. The lowest BCUT2D eigenvalue weighted by atomic mass is 10.2. The predicted octanol–water partition coefficient (Wildman–Crippen LogP) is 3.97. The Kier molecular flexibility index (Phi) is 5.27. The number of hydrogen-bond donors (Lipinski definition) is 0. The molecule has 1 aromatic heterocycles. The third kappa shape index (κ3) is 4.17. The van der Waals surface area contributed by atoms with Crippen LogP contribution in [0, 0.1) is 0 Å². The summed E-state index contributed by atoms with van der Waals surface area (Å²) < 4.78 is 26.7. The Hall–Kier alpha value is -0.660. The van der Waals surface area contributed by atoms with E-state index in [2.05, 4.69) is 20.9 Å². The molecule has 0 fully saturated rings. The van der Waals surface area contributed by atoms with Crippen molar-refractivity contribution in [3.8, 4) is 0 Å².